The largest absolute Gasteiger partial charge is 0.393 e. The highest BCUT2D eigenvalue weighted by Crippen LogP contribution is 2.31. The first-order chi connectivity index (χ1) is 8.09. The Bertz CT molecular complexity index is 275. The van der Waals surface area contributed by atoms with Gasteiger partial charge < -0.3 is 15.7 Å². The molecule has 0 spiro atoms. The molecule has 4 heteroatoms. The fourth-order valence-electron chi connectivity index (χ4n) is 3.07. The minimum Gasteiger partial charge on any atom is -0.393 e. The van der Waals surface area contributed by atoms with E-state index >= 15 is 0 Å². The number of piperidine rings is 1. The molecule has 1 saturated carbocycles. The molecule has 0 aromatic heterocycles. The molecule has 2 fully saturated rings. The van der Waals surface area contributed by atoms with Gasteiger partial charge in [-0.05, 0) is 31.6 Å². The van der Waals surface area contributed by atoms with Gasteiger partial charge in [0.15, 0.2) is 0 Å². The van der Waals surface area contributed by atoms with Crippen molar-refractivity contribution in [2.75, 3.05) is 13.1 Å². The van der Waals surface area contributed by atoms with Crippen LogP contribution in [0.1, 0.15) is 39.0 Å². The smallest absolute Gasteiger partial charge is 0.226 e. The van der Waals surface area contributed by atoms with Gasteiger partial charge in [0, 0.05) is 25.0 Å². The number of likely N-dealkylation sites (tertiary alicyclic amines) is 1. The molecule has 3 N–H and O–H groups in total. The molecule has 1 saturated heterocycles. The summed E-state index contributed by atoms with van der Waals surface area (Å²) in [7, 11) is 0. The summed E-state index contributed by atoms with van der Waals surface area (Å²) < 4.78 is 0. The van der Waals surface area contributed by atoms with E-state index in [1.807, 2.05) is 4.90 Å². The van der Waals surface area contributed by atoms with Gasteiger partial charge in [-0.15, -0.1) is 0 Å². The summed E-state index contributed by atoms with van der Waals surface area (Å²) in [6, 6.07) is 0.174. The second kappa shape index (κ2) is 5.36. The van der Waals surface area contributed by atoms with E-state index in [1.165, 1.54) is 0 Å². The molecule has 1 aliphatic carbocycles. The standard InChI is InChI=1S/C13H24N2O2/c1-9-11(3-2-4-12(9)14)13(17)15-7-5-10(16)6-8-15/h9-12,16H,2-8,14H2,1H3. The maximum Gasteiger partial charge on any atom is 0.226 e. The maximum atomic E-state index is 12.4. The normalized spacial score (nSPS) is 35.9. The number of rotatable bonds is 1. The molecular weight excluding hydrogens is 216 g/mol. The molecule has 0 radical (unpaired) electrons. The zero-order chi connectivity index (χ0) is 12.4. The van der Waals surface area contributed by atoms with Crippen molar-refractivity contribution in [3.8, 4) is 0 Å². The summed E-state index contributed by atoms with van der Waals surface area (Å²) in [4.78, 5) is 14.3. The number of aliphatic hydroxyl groups is 1. The SMILES string of the molecule is CC1C(N)CCCC1C(=O)N1CCC(O)CC1. The van der Waals surface area contributed by atoms with Gasteiger partial charge >= 0.3 is 0 Å². The summed E-state index contributed by atoms with van der Waals surface area (Å²) in [5.74, 6) is 0.664. The number of aliphatic hydroxyl groups excluding tert-OH is 1. The first kappa shape index (κ1) is 12.8. The predicted octanol–water partition coefficient (Wildman–Crippen LogP) is 0.733. The van der Waals surface area contributed by atoms with Crippen LogP contribution in [0.3, 0.4) is 0 Å². The minimum absolute atomic E-state index is 0.106. The topological polar surface area (TPSA) is 66.6 Å². The number of amides is 1. The van der Waals surface area contributed by atoms with Gasteiger partial charge in [0.2, 0.25) is 5.91 Å². The van der Waals surface area contributed by atoms with Crippen LogP contribution in [-0.2, 0) is 4.79 Å². The monoisotopic (exact) mass is 240 g/mol. The quantitative estimate of drug-likeness (QED) is 0.710. The Morgan fingerprint density at radius 3 is 2.53 bits per heavy atom. The number of nitrogens with two attached hydrogens (primary N) is 1. The van der Waals surface area contributed by atoms with Gasteiger partial charge in [-0.2, -0.15) is 0 Å². The molecular formula is C13H24N2O2. The summed E-state index contributed by atoms with van der Waals surface area (Å²) in [6.45, 7) is 3.52. The second-order valence-electron chi connectivity index (χ2n) is 5.62. The minimum atomic E-state index is -0.218. The van der Waals surface area contributed by atoms with E-state index in [4.69, 9.17) is 5.73 Å². The number of nitrogens with zero attached hydrogens (tertiary/aromatic N) is 1. The van der Waals surface area contributed by atoms with Crippen LogP contribution in [-0.4, -0.2) is 41.1 Å². The lowest BCUT2D eigenvalue weighted by atomic mass is 9.76. The molecule has 1 aliphatic heterocycles. The van der Waals surface area contributed by atoms with Gasteiger partial charge in [0.25, 0.3) is 0 Å². The molecule has 98 valence electrons. The van der Waals surface area contributed by atoms with Gasteiger partial charge in [-0.25, -0.2) is 0 Å². The van der Waals surface area contributed by atoms with Crippen LogP contribution in [0.2, 0.25) is 0 Å². The molecule has 2 aliphatic rings. The van der Waals surface area contributed by atoms with Crippen molar-refractivity contribution in [3.05, 3.63) is 0 Å². The first-order valence-corrected chi connectivity index (χ1v) is 6.82. The summed E-state index contributed by atoms with van der Waals surface area (Å²) >= 11 is 0. The lowest BCUT2D eigenvalue weighted by Crippen LogP contribution is -2.48. The van der Waals surface area contributed by atoms with Crippen LogP contribution in [0.15, 0.2) is 0 Å². The van der Waals surface area contributed by atoms with Crippen molar-refractivity contribution >= 4 is 5.91 Å². The third kappa shape index (κ3) is 2.80. The summed E-state index contributed by atoms with van der Waals surface area (Å²) in [5.41, 5.74) is 6.05. The Kier molecular flexibility index (Phi) is 4.05. The molecule has 1 amide bonds. The highest BCUT2D eigenvalue weighted by atomic mass is 16.3. The van der Waals surface area contributed by atoms with Crippen molar-refractivity contribution in [3.63, 3.8) is 0 Å². The first-order valence-electron chi connectivity index (χ1n) is 6.82. The van der Waals surface area contributed by atoms with Crippen molar-refractivity contribution in [1.82, 2.24) is 4.90 Å². The van der Waals surface area contributed by atoms with Crippen LogP contribution in [0, 0.1) is 11.8 Å². The molecule has 1 heterocycles. The summed E-state index contributed by atoms with van der Waals surface area (Å²) in [6.07, 6.45) is 4.32. The lowest BCUT2D eigenvalue weighted by Gasteiger charge is -2.38. The zero-order valence-corrected chi connectivity index (χ0v) is 10.6. The van der Waals surface area contributed by atoms with Crippen LogP contribution < -0.4 is 5.73 Å². The Morgan fingerprint density at radius 1 is 1.24 bits per heavy atom. The number of hydrogen-bond acceptors (Lipinski definition) is 3. The molecule has 3 atom stereocenters. The molecule has 0 aromatic rings. The van der Waals surface area contributed by atoms with E-state index in [2.05, 4.69) is 6.92 Å². The highest BCUT2D eigenvalue weighted by molar-refractivity contribution is 5.79. The number of hydrogen-bond donors (Lipinski definition) is 2. The highest BCUT2D eigenvalue weighted by Gasteiger charge is 2.35. The summed E-state index contributed by atoms with van der Waals surface area (Å²) in [5, 5.41) is 9.46. The van der Waals surface area contributed by atoms with Crippen molar-refractivity contribution in [2.45, 2.75) is 51.2 Å². The average molecular weight is 240 g/mol. The van der Waals surface area contributed by atoms with E-state index in [9.17, 15) is 9.90 Å². The third-order valence-electron chi connectivity index (χ3n) is 4.46. The van der Waals surface area contributed by atoms with E-state index in [-0.39, 0.29) is 24.0 Å². The van der Waals surface area contributed by atoms with Crippen LogP contribution >= 0.6 is 0 Å². The number of carbonyl (C=O) groups is 1. The Labute approximate surface area is 103 Å². The van der Waals surface area contributed by atoms with Gasteiger partial charge in [-0.1, -0.05) is 13.3 Å². The van der Waals surface area contributed by atoms with E-state index in [0.29, 0.717) is 19.0 Å². The maximum absolute atomic E-state index is 12.4. The van der Waals surface area contributed by atoms with Crippen LogP contribution in [0.4, 0.5) is 0 Å². The fourth-order valence-corrected chi connectivity index (χ4v) is 3.07. The predicted molar refractivity (Wildman–Crippen MR) is 66.3 cm³/mol. The van der Waals surface area contributed by atoms with Gasteiger partial charge in [-0.3, -0.25) is 4.79 Å². The molecule has 4 nitrogen and oxygen atoms in total. The van der Waals surface area contributed by atoms with Crippen LogP contribution in [0.5, 0.6) is 0 Å². The Balaban J connectivity index is 1.94. The molecule has 3 unspecified atom stereocenters. The zero-order valence-electron chi connectivity index (χ0n) is 10.6. The van der Waals surface area contributed by atoms with E-state index < -0.39 is 0 Å². The van der Waals surface area contributed by atoms with Crippen molar-refractivity contribution in [2.24, 2.45) is 17.6 Å². The lowest BCUT2D eigenvalue weighted by molar-refractivity contribution is -0.140. The van der Waals surface area contributed by atoms with Crippen molar-refractivity contribution in [1.29, 1.82) is 0 Å². The van der Waals surface area contributed by atoms with Crippen molar-refractivity contribution < 1.29 is 9.90 Å². The van der Waals surface area contributed by atoms with Gasteiger partial charge in [0.05, 0.1) is 6.10 Å². The average Bonchev–Trinajstić information content (AvgIpc) is 2.33. The second-order valence-corrected chi connectivity index (χ2v) is 5.62. The molecule has 0 aromatic carbocycles. The molecule has 17 heavy (non-hydrogen) atoms. The van der Waals surface area contributed by atoms with E-state index in [0.717, 1.165) is 32.1 Å². The van der Waals surface area contributed by atoms with Crippen LogP contribution in [0.25, 0.3) is 0 Å². The molecule has 2 rings (SSSR count). The Hall–Kier alpha value is -0.610. The third-order valence-corrected chi connectivity index (χ3v) is 4.46. The van der Waals surface area contributed by atoms with E-state index in [1.54, 1.807) is 0 Å². The fraction of sp³-hybridized carbons (Fsp3) is 0.923. The number of carbonyl (C=O) groups excluding carboxylic acids is 1. The van der Waals surface area contributed by atoms with Gasteiger partial charge in [0.1, 0.15) is 0 Å². The Morgan fingerprint density at radius 2 is 1.88 bits per heavy atom. The molecule has 0 bridgehead atoms.